The van der Waals surface area contributed by atoms with E-state index in [9.17, 15) is 4.79 Å². The SMILES string of the molecule is CC(C(N)=O)c1[nH]c(-c2ccccc2)cc1OCCO. The normalized spacial score (nSPS) is 12.1. The van der Waals surface area contributed by atoms with E-state index in [1.54, 1.807) is 6.92 Å². The van der Waals surface area contributed by atoms with Gasteiger partial charge in [0.1, 0.15) is 12.4 Å². The zero-order valence-electron chi connectivity index (χ0n) is 11.3. The fourth-order valence-electron chi connectivity index (χ4n) is 1.96. The van der Waals surface area contributed by atoms with Crippen molar-refractivity contribution in [2.24, 2.45) is 5.73 Å². The molecular weight excluding hydrogens is 256 g/mol. The van der Waals surface area contributed by atoms with Crippen molar-refractivity contribution in [1.29, 1.82) is 0 Å². The summed E-state index contributed by atoms with van der Waals surface area (Å²) in [4.78, 5) is 14.5. The van der Waals surface area contributed by atoms with Gasteiger partial charge in [-0.2, -0.15) is 0 Å². The number of ether oxygens (including phenoxy) is 1. The number of hydrogen-bond acceptors (Lipinski definition) is 3. The number of nitrogens with one attached hydrogen (secondary N) is 1. The molecular formula is C15H18N2O3. The number of rotatable bonds is 6. The molecule has 1 aromatic heterocycles. The third kappa shape index (κ3) is 3.00. The number of carbonyl (C=O) groups excluding carboxylic acids is 1. The molecule has 0 bridgehead atoms. The van der Waals surface area contributed by atoms with E-state index in [4.69, 9.17) is 15.6 Å². The highest BCUT2D eigenvalue weighted by Crippen LogP contribution is 2.31. The van der Waals surface area contributed by atoms with Gasteiger partial charge in [-0.05, 0) is 12.5 Å². The van der Waals surface area contributed by atoms with Gasteiger partial charge in [-0.3, -0.25) is 4.79 Å². The molecule has 0 aliphatic heterocycles. The average Bonchev–Trinajstić information content (AvgIpc) is 2.89. The molecule has 1 heterocycles. The number of aliphatic hydroxyl groups excluding tert-OH is 1. The first-order chi connectivity index (χ1) is 9.63. The second-order valence-corrected chi connectivity index (χ2v) is 4.52. The van der Waals surface area contributed by atoms with Crippen LogP contribution in [0.1, 0.15) is 18.5 Å². The summed E-state index contributed by atoms with van der Waals surface area (Å²) in [7, 11) is 0. The zero-order valence-corrected chi connectivity index (χ0v) is 11.3. The maximum atomic E-state index is 11.4. The molecule has 0 saturated heterocycles. The fraction of sp³-hybridized carbons (Fsp3) is 0.267. The van der Waals surface area contributed by atoms with Crippen LogP contribution < -0.4 is 10.5 Å². The van der Waals surface area contributed by atoms with Crippen molar-refractivity contribution < 1.29 is 14.6 Å². The molecule has 106 valence electrons. The molecule has 2 rings (SSSR count). The van der Waals surface area contributed by atoms with Crippen molar-refractivity contribution in [1.82, 2.24) is 4.98 Å². The molecule has 1 unspecified atom stereocenters. The summed E-state index contributed by atoms with van der Waals surface area (Å²) >= 11 is 0. The number of hydrogen-bond donors (Lipinski definition) is 3. The van der Waals surface area contributed by atoms with E-state index in [-0.39, 0.29) is 13.2 Å². The summed E-state index contributed by atoms with van der Waals surface area (Å²) in [6.45, 7) is 1.80. The standard InChI is InChI=1S/C15H18N2O3/c1-10(15(16)19)14-13(20-8-7-18)9-12(17-14)11-5-3-2-4-6-11/h2-6,9-10,17-18H,7-8H2,1H3,(H2,16,19). The van der Waals surface area contributed by atoms with Gasteiger partial charge in [-0.25, -0.2) is 0 Å². The Labute approximate surface area is 117 Å². The highest BCUT2D eigenvalue weighted by molar-refractivity contribution is 5.82. The minimum atomic E-state index is -0.485. The Morgan fingerprint density at radius 3 is 2.70 bits per heavy atom. The van der Waals surface area contributed by atoms with Crippen molar-refractivity contribution in [3.63, 3.8) is 0 Å². The van der Waals surface area contributed by atoms with Gasteiger partial charge in [0.15, 0.2) is 0 Å². The molecule has 5 nitrogen and oxygen atoms in total. The molecule has 0 fully saturated rings. The average molecular weight is 274 g/mol. The molecule has 0 spiro atoms. The van der Waals surface area contributed by atoms with Gasteiger partial charge in [-0.1, -0.05) is 30.3 Å². The molecule has 1 atom stereocenters. The van der Waals surface area contributed by atoms with Crippen LogP contribution >= 0.6 is 0 Å². The Balaban J connectivity index is 2.38. The Morgan fingerprint density at radius 2 is 2.10 bits per heavy atom. The molecule has 1 aromatic carbocycles. The van der Waals surface area contributed by atoms with Crippen molar-refractivity contribution in [3.05, 3.63) is 42.1 Å². The molecule has 20 heavy (non-hydrogen) atoms. The monoisotopic (exact) mass is 274 g/mol. The smallest absolute Gasteiger partial charge is 0.226 e. The first-order valence-corrected chi connectivity index (χ1v) is 6.44. The van der Waals surface area contributed by atoms with Crippen LogP contribution in [0.3, 0.4) is 0 Å². The van der Waals surface area contributed by atoms with Crippen LogP contribution in [0.5, 0.6) is 5.75 Å². The number of aromatic nitrogens is 1. The van der Waals surface area contributed by atoms with Crippen molar-refractivity contribution in [2.75, 3.05) is 13.2 Å². The number of aromatic amines is 1. The molecule has 5 heteroatoms. The van der Waals surface area contributed by atoms with Gasteiger partial charge in [0.05, 0.1) is 18.2 Å². The molecule has 1 amide bonds. The molecule has 4 N–H and O–H groups in total. The third-order valence-electron chi connectivity index (χ3n) is 3.10. The molecule has 0 radical (unpaired) electrons. The number of H-pyrrole nitrogens is 1. The van der Waals surface area contributed by atoms with E-state index in [1.807, 2.05) is 36.4 Å². The van der Waals surface area contributed by atoms with Gasteiger partial charge in [0, 0.05) is 11.8 Å². The first-order valence-electron chi connectivity index (χ1n) is 6.44. The van der Waals surface area contributed by atoms with Gasteiger partial charge >= 0.3 is 0 Å². The number of aliphatic hydroxyl groups is 1. The first kappa shape index (κ1) is 14.1. The van der Waals surface area contributed by atoms with Crippen LogP contribution in [-0.2, 0) is 4.79 Å². The van der Waals surface area contributed by atoms with Gasteiger partial charge in [0.2, 0.25) is 5.91 Å². The second kappa shape index (κ2) is 6.25. The van der Waals surface area contributed by atoms with Gasteiger partial charge in [-0.15, -0.1) is 0 Å². The number of benzene rings is 1. The molecule has 0 aliphatic carbocycles. The maximum Gasteiger partial charge on any atom is 0.226 e. The minimum absolute atomic E-state index is 0.0871. The minimum Gasteiger partial charge on any atom is -0.489 e. The van der Waals surface area contributed by atoms with Crippen LogP contribution in [0.2, 0.25) is 0 Å². The Hall–Kier alpha value is -2.27. The summed E-state index contributed by atoms with van der Waals surface area (Å²) in [5, 5.41) is 8.86. The molecule has 0 aliphatic rings. The summed E-state index contributed by atoms with van der Waals surface area (Å²) in [6.07, 6.45) is 0. The quantitative estimate of drug-likeness (QED) is 0.748. The highest BCUT2D eigenvalue weighted by Gasteiger charge is 2.20. The van der Waals surface area contributed by atoms with E-state index < -0.39 is 11.8 Å². The van der Waals surface area contributed by atoms with Gasteiger partial charge in [0.25, 0.3) is 0 Å². The van der Waals surface area contributed by atoms with Crippen LogP contribution in [0, 0.1) is 0 Å². The van der Waals surface area contributed by atoms with Crippen LogP contribution in [-0.4, -0.2) is 29.2 Å². The number of amides is 1. The third-order valence-corrected chi connectivity index (χ3v) is 3.10. The largest absolute Gasteiger partial charge is 0.489 e. The van der Waals surface area contributed by atoms with Crippen LogP contribution in [0.15, 0.2) is 36.4 Å². The fourth-order valence-corrected chi connectivity index (χ4v) is 1.96. The molecule has 2 aromatic rings. The highest BCUT2D eigenvalue weighted by atomic mass is 16.5. The lowest BCUT2D eigenvalue weighted by Crippen LogP contribution is -2.19. The number of carbonyl (C=O) groups is 1. The van der Waals surface area contributed by atoms with E-state index in [2.05, 4.69) is 4.98 Å². The summed E-state index contributed by atoms with van der Waals surface area (Å²) < 4.78 is 5.47. The summed E-state index contributed by atoms with van der Waals surface area (Å²) in [5.74, 6) is -0.370. The lowest BCUT2D eigenvalue weighted by molar-refractivity contribution is -0.119. The molecule has 0 saturated carbocycles. The van der Waals surface area contributed by atoms with E-state index >= 15 is 0 Å². The lowest BCUT2D eigenvalue weighted by Gasteiger charge is -2.09. The van der Waals surface area contributed by atoms with Crippen LogP contribution in [0.25, 0.3) is 11.3 Å². The zero-order chi connectivity index (χ0) is 14.5. The van der Waals surface area contributed by atoms with Crippen LogP contribution in [0.4, 0.5) is 0 Å². The Bertz CT molecular complexity index is 578. The lowest BCUT2D eigenvalue weighted by atomic mass is 10.1. The Morgan fingerprint density at radius 1 is 1.40 bits per heavy atom. The van der Waals surface area contributed by atoms with Gasteiger partial charge < -0.3 is 20.6 Å². The van der Waals surface area contributed by atoms with E-state index in [1.165, 1.54) is 0 Å². The second-order valence-electron chi connectivity index (χ2n) is 4.52. The van der Waals surface area contributed by atoms with E-state index in [0.717, 1.165) is 11.3 Å². The topological polar surface area (TPSA) is 88.3 Å². The van der Waals surface area contributed by atoms with Crippen molar-refractivity contribution in [3.8, 4) is 17.0 Å². The predicted octanol–water partition coefficient (Wildman–Crippen LogP) is 1.64. The van der Waals surface area contributed by atoms with E-state index in [0.29, 0.717) is 11.4 Å². The maximum absolute atomic E-state index is 11.4. The predicted molar refractivity (Wildman–Crippen MR) is 76.4 cm³/mol. The van der Waals surface area contributed by atoms with Crippen molar-refractivity contribution >= 4 is 5.91 Å². The summed E-state index contributed by atoms with van der Waals surface area (Å²) in [5.41, 5.74) is 7.82. The number of primary amides is 1. The Kier molecular flexibility index (Phi) is 4.42. The number of nitrogens with two attached hydrogens (primary N) is 1. The van der Waals surface area contributed by atoms with Crippen molar-refractivity contribution in [2.45, 2.75) is 12.8 Å². The summed E-state index contributed by atoms with van der Waals surface area (Å²) in [6, 6.07) is 11.5.